The van der Waals surface area contributed by atoms with Crippen LogP contribution in [0.4, 0.5) is 0 Å². The third kappa shape index (κ3) is 46.7. The van der Waals surface area contributed by atoms with Crippen molar-refractivity contribution in [3.63, 3.8) is 0 Å². The summed E-state index contributed by atoms with van der Waals surface area (Å²) < 4.78 is 24.4. The van der Waals surface area contributed by atoms with E-state index in [0.29, 0.717) is 12.8 Å². The van der Waals surface area contributed by atoms with Crippen LogP contribution in [0.1, 0.15) is 219 Å². The van der Waals surface area contributed by atoms with E-state index < -0.39 is 32.5 Å². The average molecular weight is 810 g/mol. The minimum atomic E-state index is -4.60. The number of aliphatic hydroxyl groups excluding tert-OH is 1. The first kappa shape index (κ1) is 55.5. The molecule has 0 rings (SSSR count). The zero-order chi connectivity index (χ0) is 41.3. The monoisotopic (exact) mass is 810 g/mol. The molecule has 0 unspecified atom stereocenters. The summed E-state index contributed by atoms with van der Waals surface area (Å²) in [5, 5.41) is 17.7. The molecule has 0 fully saturated rings. The van der Waals surface area contributed by atoms with Gasteiger partial charge in [-0.05, 0) is 12.8 Å². The molecule has 0 amide bonds. The summed E-state index contributed by atoms with van der Waals surface area (Å²) in [7, 11) is -4.60. The summed E-state index contributed by atoms with van der Waals surface area (Å²) >= 11 is 0. The van der Waals surface area contributed by atoms with E-state index in [1.165, 1.54) is 161 Å². The van der Waals surface area contributed by atoms with Gasteiger partial charge in [-0.2, -0.15) is 0 Å². The Kier molecular flexibility index (Phi) is 42.5. The fourth-order valence-corrected chi connectivity index (χ4v) is 6.51. The Labute approximate surface area is 335 Å². The van der Waals surface area contributed by atoms with Gasteiger partial charge in [0.2, 0.25) is 0 Å². The van der Waals surface area contributed by atoms with Gasteiger partial charge in [-0.1, -0.05) is 194 Å². The van der Waals surface area contributed by atoms with Crippen LogP contribution in [0.15, 0.2) is 0 Å². The van der Waals surface area contributed by atoms with Gasteiger partial charge < -0.3 is 35.2 Å². The second-order valence-electron chi connectivity index (χ2n) is 15.1. The van der Waals surface area contributed by atoms with Gasteiger partial charge in [0.25, 0.3) is 0 Å². The van der Waals surface area contributed by atoms with Crippen LogP contribution < -0.4 is 5.73 Å². The maximum Gasteiger partial charge on any atom is 0.469 e. The molecule has 0 aromatic heterocycles. The van der Waals surface area contributed by atoms with Crippen molar-refractivity contribution in [2.24, 2.45) is 5.73 Å². The lowest BCUT2D eigenvalue weighted by atomic mass is 10.0. The number of ether oxygens (including phenoxy) is 2. The zero-order valence-corrected chi connectivity index (χ0v) is 36.0. The molecule has 55 heavy (non-hydrogen) atoms. The molecule has 0 aromatic carbocycles. The van der Waals surface area contributed by atoms with E-state index in [1.54, 1.807) is 0 Å². The van der Waals surface area contributed by atoms with E-state index in [0.717, 1.165) is 32.1 Å². The number of carbonyl (C=O) groups excluding carboxylic acids is 2. The SMILES string of the molecule is CCCCCCCCCCCCCCCCCC(=O)OC[C@H](CO)OC(=O)CCCCCCCCCCCCCCCCC.N[C@@H](COP(=O)(O)O)C(=O)O. The first-order chi connectivity index (χ1) is 26.5. The highest BCUT2D eigenvalue weighted by Gasteiger charge is 2.19. The van der Waals surface area contributed by atoms with Gasteiger partial charge in [0.05, 0.1) is 13.2 Å². The second-order valence-corrected chi connectivity index (χ2v) is 16.3. The van der Waals surface area contributed by atoms with E-state index in [2.05, 4.69) is 18.4 Å². The van der Waals surface area contributed by atoms with Gasteiger partial charge in [-0.15, -0.1) is 0 Å². The highest BCUT2D eigenvalue weighted by Crippen LogP contribution is 2.35. The molecule has 0 spiro atoms. The van der Waals surface area contributed by atoms with E-state index in [9.17, 15) is 24.1 Å². The Morgan fingerprint density at radius 2 is 0.836 bits per heavy atom. The highest BCUT2D eigenvalue weighted by molar-refractivity contribution is 7.46. The number of carboxylic acids is 1. The molecule has 12 nitrogen and oxygen atoms in total. The molecule has 0 aliphatic carbocycles. The largest absolute Gasteiger partial charge is 0.480 e. The van der Waals surface area contributed by atoms with Crippen molar-refractivity contribution in [3.8, 4) is 0 Å². The molecule has 0 aliphatic heterocycles. The average Bonchev–Trinajstić information content (AvgIpc) is 3.15. The fraction of sp³-hybridized carbons (Fsp3) is 0.929. The lowest BCUT2D eigenvalue weighted by Crippen LogP contribution is -2.34. The van der Waals surface area contributed by atoms with Crippen LogP contribution in [0.5, 0.6) is 0 Å². The van der Waals surface area contributed by atoms with Crippen molar-refractivity contribution in [2.45, 2.75) is 231 Å². The summed E-state index contributed by atoms with van der Waals surface area (Å²) in [4.78, 5) is 50.3. The fourth-order valence-electron chi connectivity index (χ4n) is 6.16. The number of nitrogens with two attached hydrogens (primary N) is 1. The Morgan fingerprint density at radius 1 is 0.527 bits per heavy atom. The Morgan fingerprint density at radius 3 is 1.13 bits per heavy atom. The quantitative estimate of drug-likeness (QED) is 0.0223. The molecule has 0 aromatic rings. The van der Waals surface area contributed by atoms with Crippen LogP contribution in [0.3, 0.4) is 0 Å². The maximum atomic E-state index is 12.1. The van der Waals surface area contributed by atoms with Crippen LogP contribution >= 0.6 is 7.82 Å². The Bertz CT molecular complexity index is 918. The van der Waals surface area contributed by atoms with Gasteiger partial charge in [0.1, 0.15) is 12.6 Å². The number of esters is 2. The predicted molar refractivity (Wildman–Crippen MR) is 221 cm³/mol. The summed E-state index contributed by atoms with van der Waals surface area (Å²) in [5.74, 6) is -1.95. The minimum absolute atomic E-state index is 0.0569. The topological polar surface area (TPSA) is 203 Å². The number of carbonyl (C=O) groups is 3. The van der Waals surface area contributed by atoms with Gasteiger partial charge in [-0.3, -0.25) is 18.9 Å². The molecule has 13 heteroatoms. The van der Waals surface area contributed by atoms with Gasteiger partial charge >= 0.3 is 25.7 Å². The number of aliphatic hydroxyl groups is 1. The maximum absolute atomic E-state index is 12.1. The van der Waals surface area contributed by atoms with E-state index in [-0.39, 0.29) is 25.2 Å². The first-order valence-corrected chi connectivity index (χ1v) is 23.6. The van der Waals surface area contributed by atoms with E-state index >= 15 is 0 Å². The number of hydrogen-bond donors (Lipinski definition) is 5. The van der Waals surface area contributed by atoms with Crippen molar-refractivity contribution in [3.05, 3.63) is 0 Å². The molecule has 0 bridgehead atoms. The van der Waals surface area contributed by atoms with Crippen LogP contribution in [0.2, 0.25) is 0 Å². The number of carboxylic acid groups (broad SMARTS) is 1. The lowest BCUT2D eigenvalue weighted by molar-refractivity contribution is -0.161. The lowest BCUT2D eigenvalue weighted by Gasteiger charge is -2.15. The number of aliphatic carboxylic acids is 1. The minimum Gasteiger partial charge on any atom is -0.480 e. The zero-order valence-electron chi connectivity index (χ0n) is 35.1. The van der Waals surface area contributed by atoms with Crippen LogP contribution in [0, 0.1) is 0 Å². The van der Waals surface area contributed by atoms with Crippen molar-refractivity contribution >= 4 is 25.7 Å². The molecule has 328 valence electrons. The molecule has 0 saturated carbocycles. The normalized spacial score (nSPS) is 12.5. The molecular formula is C42H84NO11P. The number of hydrogen-bond acceptors (Lipinski definition) is 9. The summed E-state index contributed by atoms with van der Waals surface area (Å²) in [5.41, 5.74) is 4.86. The van der Waals surface area contributed by atoms with Crippen molar-refractivity contribution in [1.82, 2.24) is 0 Å². The molecular weight excluding hydrogens is 725 g/mol. The molecule has 6 N–H and O–H groups in total. The van der Waals surface area contributed by atoms with Crippen molar-refractivity contribution < 1.29 is 52.9 Å². The number of phosphoric ester groups is 1. The number of phosphoric acid groups is 1. The number of unbranched alkanes of at least 4 members (excludes halogenated alkanes) is 28. The molecule has 0 saturated heterocycles. The Hall–Kier alpha value is -1.56. The summed E-state index contributed by atoms with van der Waals surface area (Å²) in [6.07, 6.45) is 38.7. The third-order valence-corrected chi connectivity index (χ3v) is 10.1. The summed E-state index contributed by atoms with van der Waals surface area (Å²) in [6, 6.07) is -1.41. The van der Waals surface area contributed by atoms with Gasteiger partial charge in [-0.25, -0.2) is 4.57 Å². The highest BCUT2D eigenvalue weighted by atomic mass is 31.2. The Balaban J connectivity index is 0. The van der Waals surface area contributed by atoms with Crippen molar-refractivity contribution in [1.29, 1.82) is 0 Å². The van der Waals surface area contributed by atoms with Gasteiger partial charge in [0.15, 0.2) is 6.10 Å². The first-order valence-electron chi connectivity index (χ1n) is 22.1. The smallest absolute Gasteiger partial charge is 0.469 e. The predicted octanol–water partition coefficient (Wildman–Crippen LogP) is 10.5. The van der Waals surface area contributed by atoms with Crippen LogP contribution in [-0.2, 0) is 32.9 Å². The van der Waals surface area contributed by atoms with E-state index in [1.807, 2.05) is 0 Å². The van der Waals surface area contributed by atoms with Crippen LogP contribution in [-0.4, -0.2) is 69.9 Å². The standard InChI is InChI=1S/C39H76O5.C3H8NO6P/c1-3-5-7-9-11-13-15-17-19-21-23-25-27-29-31-33-38(41)43-36-37(35-40)44-39(42)34-32-30-28-26-24-22-20-18-16-14-12-10-8-6-4-2;4-2(3(5)6)1-10-11(7,8)9/h37,40H,3-36H2,1-2H3;2H,1,4H2,(H,5,6)(H2,7,8,9)/t37-;2-/m00/s1. The van der Waals surface area contributed by atoms with E-state index in [4.69, 9.17) is 30.1 Å². The second kappa shape index (κ2) is 42.1. The van der Waals surface area contributed by atoms with Crippen molar-refractivity contribution in [2.75, 3.05) is 19.8 Å². The van der Waals surface area contributed by atoms with Gasteiger partial charge in [0, 0.05) is 12.8 Å². The third-order valence-electron chi connectivity index (χ3n) is 9.64. The van der Waals surface area contributed by atoms with Crippen LogP contribution in [0.25, 0.3) is 0 Å². The summed E-state index contributed by atoms with van der Waals surface area (Å²) in [6.45, 7) is 3.45. The number of rotatable bonds is 40. The molecule has 2 atom stereocenters. The molecule has 0 radical (unpaired) electrons. The molecule has 0 aliphatic rings. The molecule has 0 heterocycles.